The zero-order valence-corrected chi connectivity index (χ0v) is 16.7. The highest BCUT2D eigenvalue weighted by atomic mass is 16.5. The van der Waals surface area contributed by atoms with E-state index in [2.05, 4.69) is 17.9 Å². The normalized spacial score (nSPS) is 22.2. The summed E-state index contributed by atoms with van der Waals surface area (Å²) in [6.07, 6.45) is 2.46. The third-order valence-corrected chi connectivity index (χ3v) is 5.89. The fraction of sp³-hybridized carbons (Fsp3) is 0.522. The second-order valence-electron chi connectivity index (χ2n) is 8.01. The zero-order valence-electron chi connectivity index (χ0n) is 16.7. The summed E-state index contributed by atoms with van der Waals surface area (Å²) in [5.41, 5.74) is 0. The fourth-order valence-corrected chi connectivity index (χ4v) is 3.87. The maximum absolute atomic E-state index is 12.5. The molecule has 5 heteroatoms. The predicted molar refractivity (Wildman–Crippen MR) is 109 cm³/mol. The number of amides is 1. The summed E-state index contributed by atoms with van der Waals surface area (Å²) in [7, 11) is 0. The molecule has 5 nitrogen and oxygen atoms in total. The molecule has 2 aliphatic rings. The molecule has 1 aromatic heterocycles. The van der Waals surface area contributed by atoms with Crippen LogP contribution in [0.25, 0.3) is 0 Å². The number of benzene rings is 1. The highest BCUT2D eigenvalue weighted by molar-refractivity contribution is 5.76. The van der Waals surface area contributed by atoms with Crippen LogP contribution in [-0.2, 0) is 11.2 Å². The largest absolute Gasteiger partial charge is 0.492 e. The third-order valence-electron chi connectivity index (χ3n) is 5.89. The van der Waals surface area contributed by atoms with Gasteiger partial charge in [0.1, 0.15) is 23.9 Å². The number of carbonyl (C=O) groups is 1. The van der Waals surface area contributed by atoms with Crippen LogP contribution in [0.3, 0.4) is 0 Å². The van der Waals surface area contributed by atoms with Gasteiger partial charge < -0.3 is 14.1 Å². The van der Waals surface area contributed by atoms with Gasteiger partial charge in [0.25, 0.3) is 0 Å². The minimum atomic E-state index is 0.234. The van der Waals surface area contributed by atoms with Crippen molar-refractivity contribution in [1.29, 1.82) is 0 Å². The molecular formula is C23H30N2O3. The SMILES string of the molecule is CC1CC1c1ccc(CCC(=O)N2CCN(CCOc3ccccc3)CC2)o1. The molecule has 1 aromatic carbocycles. The first kappa shape index (κ1) is 19.1. The van der Waals surface area contributed by atoms with Gasteiger partial charge in [0.05, 0.1) is 0 Å². The second kappa shape index (κ2) is 8.82. The number of para-hydroxylation sites is 1. The van der Waals surface area contributed by atoms with Crippen molar-refractivity contribution in [2.24, 2.45) is 5.92 Å². The standard InChI is InChI=1S/C23H30N2O3/c1-18-17-21(18)22-9-7-20(28-22)8-10-23(26)25-13-11-24(12-14-25)15-16-27-19-5-3-2-4-6-19/h2-7,9,18,21H,8,10-17H2,1H3. The number of hydrogen-bond donors (Lipinski definition) is 0. The molecule has 28 heavy (non-hydrogen) atoms. The Morgan fingerprint density at radius 3 is 2.57 bits per heavy atom. The second-order valence-corrected chi connectivity index (χ2v) is 8.01. The first-order valence-corrected chi connectivity index (χ1v) is 10.5. The van der Waals surface area contributed by atoms with Gasteiger partial charge in [0.2, 0.25) is 5.91 Å². The number of piperazine rings is 1. The third kappa shape index (κ3) is 4.96. The van der Waals surface area contributed by atoms with E-state index in [4.69, 9.17) is 9.15 Å². The summed E-state index contributed by atoms with van der Waals surface area (Å²) in [4.78, 5) is 16.9. The quantitative estimate of drug-likeness (QED) is 0.700. The Bertz CT molecular complexity index is 765. The van der Waals surface area contributed by atoms with E-state index >= 15 is 0 Å². The van der Waals surface area contributed by atoms with Gasteiger partial charge in [0.15, 0.2) is 0 Å². The van der Waals surface area contributed by atoms with Crippen LogP contribution in [0, 0.1) is 5.92 Å². The summed E-state index contributed by atoms with van der Waals surface area (Å²) in [6, 6.07) is 14.0. The van der Waals surface area contributed by atoms with Gasteiger partial charge in [-0.05, 0) is 36.6 Å². The zero-order chi connectivity index (χ0) is 19.3. The van der Waals surface area contributed by atoms with Crippen LogP contribution >= 0.6 is 0 Å². The van der Waals surface area contributed by atoms with Gasteiger partial charge in [-0.3, -0.25) is 9.69 Å². The summed E-state index contributed by atoms with van der Waals surface area (Å²) in [5.74, 6) is 4.53. The van der Waals surface area contributed by atoms with Gasteiger partial charge >= 0.3 is 0 Å². The van der Waals surface area contributed by atoms with E-state index < -0.39 is 0 Å². The lowest BCUT2D eigenvalue weighted by Gasteiger charge is -2.34. The van der Waals surface area contributed by atoms with E-state index in [9.17, 15) is 4.79 Å². The number of furan rings is 1. The highest BCUT2D eigenvalue weighted by Crippen LogP contribution is 2.47. The first-order chi connectivity index (χ1) is 13.7. The molecule has 2 unspecified atom stereocenters. The minimum Gasteiger partial charge on any atom is -0.492 e. The lowest BCUT2D eigenvalue weighted by atomic mass is 10.2. The predicted octanol–water partition coefficient (Wildman–Crippen LogP) is 3.56. The molecule has 1 saturated heterocycles. The van der Waals surface area contributed by atoms with Crippen LogP contribution in [0.4, 0.5) is 0 Å². The average Bonchev–Trinajstić information content (AvgIpc) is 3.27. The molecule has 4 rings (SSSR count). The van der Waals surface area contributed by atoms with Crippen molar-refractivity contribution in [3.8, 4) is 5.75 Å². The van der Waals surface area contributed by atoms with Crippen molar-refractivity contribution >= 4 is 5.91 Å². The van der Waals surface area contributed by atoms with E-state index in [1.54, 1.807) is 0 Å². The molecule has 0 radical (unpaired) electrons. The number of aryl methyl sites for hydroxylation is 1. The number of rotatable bonds is 8. The molecule has 2 atom stereocenters. The molecular weight excluding hydrogens is 352 g/mol. The van der Waals surface area contributed by atoms with E-state index in [1.165, 1.54) is 6.42 Å². The highest BCUT2D eigenvalue weighted by Gasteiger charge is 2.36. The molecule has 2 aromatic rings. The Hall–Kier alpha value is -2.27. The van der Waals surface area contributed by atoms with Gasteiger partial charge in [-0.15, -0.1) is 0 Å². The van der Waals surface area contributed by atoms with Gasteiger partial charge in [-0.25, -0.2) is 0 Å². The summed E-state index contributed by atoms with van der Waals surface area (Å²) < 4.78 is 11.7. The summed E-state index contributed by atoms with van der Waals surface area (Å²) >= 11 is 0. The van der Waals surface area contributed by atoms with E-state index in [1.807, 2.05) is 41.3 Å². The monoisotopic (exact) mass is 382 g/mol. The number of ether oxygens (including phenoxy) is 1. The molecule has 2 fully saturated rings. The molecule has 150 valence electrons. The van der Waals surface area contributed by atoms with Crippen LogP contribution in [0.1, 0.15) is 37.2 Å². The number of carbonyl (C=O) groups excluding carboxylic acids is 1. The number of nitrogens with zero attached hydrogens (tertiary/aromatic N) is 2. The van der Waals surface area contributed by atoms with Crippen LogP contribution in [0.5, 0.6) is 5.75 Å². The maximum Gasteiger partial charge on any atom is 0.223 e. The van der Waals surface area contributed by atoms with Crippen molar-refractivity contribution in [3.63, 3.8) is 0 Å². The van der Waals surface area contributed by atoms with Crippen LogP contribution in [-0.4, -0.2) is 55.0 Å². The van der Waals surface area contributed by atoms with Crippen LogP contribution in [0.2, 0.25) is 0 Å². The Morgan fingerprint density at radius 1 is 1.11 bits per heavy atom. The summed E-state index contributed by atoms with van der Waals surface area (Å²) in [5, 5.41) is 0. The van der Waals surface area contributed by atoms with Crippen molar-refractivity contribution < 1.29 is 13.9 Å². The van der Waals surface area contributed by atoms with Gasteiger partial charge in [0, 0.05) is 51.5 Å². The van der Waals surface area contributed by atoms with Crippen molar-refractivity contribution in [2.75, 3.05) is 39.3 Å². The van der Waals surface area contributed by atoms with Gasteiger partial charge in [-0.1, -0.05) is 25.1 Å². The van der Waals surface area contributed by atoms with E-state index in [0.29, 0.717) is 25.4 Å². The molecule has 0 spiro atoms. The first-order valence-electron chi connectivity index (χ1n) is 10.5. The molecule has 1 saturated carbocycles. The van der Waals surface area contributed by atoms with E-state index in [-0.39, 0.29) is 5.91 Å². The molecule has 1 amide bonds. The van der Waals surface area contributed by atoms with Crippen molar-refractivity contribution in [2.45, 2.75) is 32.1 Å². The van der Waals surface area contributed by atoms with Crippen molar-refractivity contribution in [3.05, 3.63) is 54.0 Å². The lowest BCUT2D eigenvalue weighted by molar-refractivity contribution is -0.133. The maximum atomic E-state index is 12.5. The van der Waals surface area contributed by atoms with E-state index in [0.717, 1.165) is 55.9 Å². The molecule has 2 heterocycles. The topological polar surface area (TPSA) is 45.9 Å². The Labute approximate surface area is 167 Å². The summed E-state index contributed by atoms with van der Waals surface area (Å²) in [6.45, 7) is 7.25. The van der Waals surface area contributed by atoms with Crippen LogP contribution in [0.15, 0.2) is 46.9 Å². The minimum absolute atomic E-state index is 0.234. The Morgan fingerprint density at radius 2 is 1.86 bits per heavy atom. The smallest absolute Gasteiger partial charge is 0.223 e. The Kier molecular flexibility index (Phi) is 6.01. The number of hydrogen-bond acceptors (Lipinski definition) is 4. The lowest BCUT2D eigenvalue weighted by Crippen LogP contribution is -2.49. The average molecular weight is 383 g/mol. The molecule has 0 bridgehead atoms. The molecule has 1 aliphatic carbocycles. The van der Waals surface area contributed by atoms with Crippen molar-refractivity contribution in [1.82, 2.24) is 9.80 Å². The molecule has 1 aliphatic heterocycles. The van der Waals surface area contributed by atoms with Gasteiger partial charge in [-0.2, -0.15) is 0 Å². The Balaban J connectivity index is 1.13. The molecule has 0 N–H and O–H groups in total. The fourth-order valence-electron chi connectivity index (χ4n) is 3.87. The van der Waals surface area contributed by atoms with Crippen LogP contribution < -0.4 is 4.74 Å².